The third kappa shape index (κ3) is 2.50. The second-order valence-electron chi connectivity index (χ2n) is 4.37. The number of morpholine rings is 1. The van der Waals surface area contributed by atoms with Gasteiger partial charge in [0.1, 0.15) is 5.00 Å². The molecule has 0 saturated carbocycles. The average Bonchev–Trinajstić information content (AvgIpc) is 2.66. The molecule has 4 nitrogen and oxygen atoms in total. The van der Waals surface area contributed by atoms with E-state index < -0.39 is 0 Å². The van der Waals surface area contributed by atoms with Crippen LogP contribution >= 0.6 is 23.1 Å². The lowest BCUT2D eigenvalue weighted by molar-refractivity contribution is 0.0533. The lowest BCUT2D eigenvalue weighted by Gasteiger charge is -2.32. The molecule has 2 N–H and O–H groups in total. The molecule has 0 aromatic carbocycles. The number of rotatable bonds is 3. The average molecular weight is 286 g/mol. The van der Waals surface area contributed by atoms with Crippen molar-refractivity contribution in [1.29, 1.82) is 0 Å². The van der Waals surface area contributed by atoms with Gasteiger partial charge in [-0.15, -0.1) is 23.1 Å². The predicted molar refractivity (Wildman–Crippen MR) is 78.1 cm³/mol. The van der Waals surface area contributed by atoms with Crippen LogP contribution in [0.5, 0.6) is 0 Å². The number of carbonyl (C=O) groups is 1. The number of hydrogen-bond donors (Lipinski definition) is 1. The van der Waals surface area contributed by atoms with E-state index in [1.54, 1.807) is 18.7 Å². The molecule has 0 aliphatic carbocycles. The molecule has 1 unspecified atom stereocenters. The standard InChI is InChI=1S/C12H18N2O2S2/c1-7-6-14(4-5-16-7)12-11(17-3)9(13)10(18-12)8(2)15/h7H,4-6,13H2,1-3H3. The number of ether oxygens (including phenoxy) is 1. The zero-order chi connectivity index (χ0) is 13.3. The quantitative estimate of drug-likeness (QED) is 0.683. The second-order valence-corrected chi connectivity index (χ2v) is 6.18. The molecule has 1 aromatic rings. The highest BCUT2D eigenvalue weighted by molar-refractivity contribution is 7.99. The van der Waals surface area contributed by atoms with Crippen LogP contribution in [0.3, 0.4) is 0 Å². The largest absolute Gasteiger partial charge is 0.396 e. The molecule has 2 heterocycles. The SMILES string of the molecule is CSc1c(N2CCOC(C)C2)sc(C(C)=O)c1N. The molecule has 1 aliphatic heterocycles. The van der Waals surface area contributed by atoms with Crippen molar-refractivity contribution in [3.63, 3.8) is 0 Å². The Kier molecular flexibility index (Phi) is 4.19. The number of anilines is 2. The highest BCUT2D eigenvalue weighted by Crippen LogP contribution is 2.44. The number of thiophene rings is 1. The lowest BCUT2D eigenvalue weighted by atomic mass is 10.3. The van der Waals surface area contributed by atoms with Gasteiger partial charge in [0, 0.05) is 20.0 Å². The Balaban J connectivity index is 2.37. The van der Waals surface area contributed by atoms with Crippen molar-refractivity contribution >= 4 is 39.6 Å². The van der Waals surface area contributed by atoms with E-state index in [1.807, 2.05) is 6.26 Å². The molecule has 18 heavy (non-hydrogen) atoms. The molecule has 1 atom stereocenters. The number of Topliss-reactive ketones (excluding diaryl/α,β-unsaturated/α-hetero) is 1. The third-order valence-corrected chi connectivity index (χ3v) is 5.25. The zero-order valence-electron chi connectivity index (χ0n) is 10.9. The van der Waals surface area contributed by atoms with Crippen molar-refractivity contribution in [3.05, 3.63) is 4.88 Å². The fourth-order valence-corrected chi connectivity index (χ4v) is 4.20. The molecule has 0 bridgehead atoms. The van der Waals surface area contributed by atoms with Gasteiger partial charge in [-0.25, -0.2) is 0 Å². The fourth-order valence-electron chi connectivity index (χ4n) is 2.09. The van der Waals surface area contributed by atoms with Crippen LogP contribution in [0, 0.1) is 0 Å². The summed E-state index contributed by atoms with van der Waals surface area (Å²) in [6.07, 6.45) is 2.22. The smallest absolute Gasteiger partial charge is 0.171 e. The molecular weight excluding hydrogens is 268 g/mol. The molecule has 0 amide bonds. The van der Waals surface area contributed by atoms with Crippen LogP contribution < -0.4 is 10.6 Å². The fraction of sp³-hybridized carbons (Fsp3) is 0.583. The predicted octanol–water partition coefficient (Wildman–Crippen LogP) is 2.48. The number of nitrogen functional groups attached to an aromatic ring is 1. The highest BCUT2D eigenvalue weighted by Gasteiger charge is 2.25. The zero-order valence-corrected chi connectivity index (χ0v) is 12.5. The van der Waals surface area contributed by atoms with Crippen molar-refractivity contribution in [2.75, 3.05) is 36.6 Å². The van der Waals surface area contributed by atoms with Gasteiger partial charge in [-0.1, -0.05) is 0 Å². The molecule has 100 valence electrons. The minimum absolute atomic E-state index is 0.0420. The van der Waals surface area contributed by atoms with Gasteiger partial charge in [-0.3, -0.25) is 4.79 Å². The summed E-state index contributed by atoms with van der Waals surface area (Å²) in [5.74, 6) is 0.0420. The summed E-state index contributed by atoms with van der Waals surface area (Å²) >= 11 is 3.11. The normalized spacial score (nSPS) is 20.2. The molecular formula is C12H18N2O2S2. The maximum Gasteiger partial charge on any atom is 0.171 e. The van der Waals surface area contributed by atoms with Crippen LogP contribution in [0.15, 0.2) is 4.90 Å². The van der Waals surface area contributed by atoms with Gasteiger partial charge in [0.15, 0.2) is 5.78 Å². The second kappa shape index (κ2) is 5.50. The highest BCUT2D eigenvalue weighted by atomic mass is 32.2. The van der Waals surface area contributed by atoms with E-state index in [0.717, 1.165) is 29.6 Å². The first kappa shape index (κ1) is 13.7. The van der Waals surface area contributed by atoms with Crippen molar-refractivity contribution < 1.29 is 9.53 Å². The van der Waals surface area contributed by atoms with Crippen LogP contribution in [0.1, 0.15) is 23.5 Å². The molecule has 0 radical (unpaired) electrons. The van der Waals surface area contributed by atoms with Gasteiger partial charge in [0.2, 0.25) is 0 Å². The summed E-state index contributed by atoms with van der Waals surface area (Å²) in [5.41, 5.74) is 6.70. The number of hydrogen-bond acceptors (Lipinski definition) is 6. The molecule has 0 spiro atoms. The van der Waals surface area contributed by atoms with Crippen LogP contribution in [-0.4, -0.2) is 37.8 Å². The van der Waals surface area contributed by atoms with Crippen LogP contribution in [0.25, 0.3) is 0 Å². The Hall–Kier alpha value is -0.720. The lowest BCUT2D eigenvalue weighted by Crippen LogP contribution is -2.40. The molecule has 1 fully saturated rings. The van der Waals surface area contributed by atoms with Crippen molar-refractivity contribution in [1.82, 2.24) is 0 Å². The van der Waals surface area contributed by atoms with Gasteiger partial charge in [0.25, 0.3) is 0 Å². The summed E-state index contributed by atoms with van der Waals surface area (Å²) in [5, 5.41) is 1.11. The van der Waals surface area contributed by atoms with Crippen molar-refractivity contribution in [2.24, 2.45) is 0 Å². The minimum atomic E-state index is 0.0420. The van der Waals surface area contributed by atoms with E-state index in [1.165, 1.54) is 11.3 Å². The van der Waals surface area contributed by atoms with Crippen molar-refractivity contribution in [2.45, 2.75) is 24.8 Å². The van der Waals surface area contributed by atoms with E-state index in [9.17, 15) is 4.79 Å². The third-order valence-electron chi connectivity index (χ3n) is 2.93. The number of ketones is 1. The molecule has 1 aliphatic rings. The van der Waals surface area contributed by atoms with Crippen molar-refractivity contribution in [3.8, 4) is 0 Å². The number of carbonyl (C=O) groups excluding carboxylic acids is 1. The summed E-state index contributed by atoms with van der Waals surface area (Å²) in [6, 6.07) is 0. The maximum absolute atomic E-state index is 11.6. The Morgan fingerprint density at radius 1 is 1.61 bits per heavy atom. The first-order valence-corrected chi connectivity index (χ1v) is 7.92. The number of nitrogens with two attached hydrogens (primary N) is 1. The Labute approximate surface area is 115 Å². The van der Waals surface area contributed by atoms with Gasteiger partial charge in [-0.05, 0) is 13.2 Å². The summed E-state index contributed by atoms with van der Waals surface area (Å²) in [4.78, 5) is 15.5. The summed E-state index contributed by atoms with van der Waals surface area (Å²) < 4.78 is 5.55. The van der Waals surface area contributed by atoms with E-state index in [4.69, 9.17) is 10.5 Å². The van der Waals surface area contributed by atoms with Crippen LogP contribution in [0.4, 0.5) is 10.7 Å². The van der Waals surface area contributed by atoms with E-state index >= 15 is 0 Å². The van der Waals surface area contributed by atoms with Gasteiger partial charge >= 0.3 is 0 Å². The summed E-state index contributed by atoms with van der Waals surface area (Å²) in [6.45, 7) is 6.06. The van der Waals surface area contributed by atoms with Crippen LogP contribution in [0.2, 0.25) is 0 Å². The molecule has 2 rings (SSSR count). The van der Waals surface area contributed by atoms with Crippen LogP contribution in [-0.2, 0) is 4.74 Å². The van der Waals surface area contributed by atoms with Gasteiger partial charge in [0.05, 0.1) is 28.2 Å². The monoisotopic (exact) mass is 286 g/mol. The first-order chi connectivity index (χ1) is 8.54. The minimum Gasteiger partial charge on any atom is -0.396 e. The van der Waals surface area contributed by atoms with E-state index in [0.29, 0.717) is 10.6 Å². The maximum atomic E-state index is 11.6. The van der Waals surface area contributed by atoms with Gasteiger partial charge in [-0.2, -0.15) is 0 Å². The first-order valence-electron chi connectivity index (χ1n) is 5.88. The van der Waals surface area contributed by atoms with E-state index in [2.05, 4.69) is 11.8 Å². The Bertz CT molecular complexity index is 459. The number of nitrogens with zero attached hydrogens (tertiary/aromatic N) is 1. The molecule has 6 heteroatoms. The topological polar surface area (TPSA) is 55.6 Å². The Morgan fingerprint density at radius 3 is 2.89 bits per heavy atom. The Morgan fingerprint density at radius 2 is 2.33 bits per heavy atom. The molecule has 1 aromatic heterocycles. The van der Waals surface area contributed by atoms with Gasteiger partial charge < -0.3 is 15.4 Å². The van der Waals surface area contributed by atoms with E-state index in [-0.39, 0.29) is 11.9 Å². The molecule has 1 saturated heterocycles. The number of thioether (sulfide) groups is 1. The summed E-state index contributed by atoms with van der Waals surface area (Å²) in [7, 11) is 0.